The fourth-order valence-electron chi connectivity index (χ4n) is 1.52. The van der Waals surface area contributed by atoms with Gasteiger partial charge in [0.1, 0.15) is 6.04 Å². The van der Waals surface area contributed by atoms with E-state index in [2.05, 4.69) is 0 Å². The van der Waals surface area contributed by atoms with Gasteiger partial charge in [0.15, 0.2) is 0 Å². The summed E-state index contributed by atoms with van der Waals surface area (Å²) >= 11 is 5.94. The predicted octanol–water partition coefficient (Wildman–Crippen LogP) is 2.55. The van der Waals surface area contributed by atoms with Gasteiger partial charge in [0.05, 0.1) is 0 Å². The number of hydrogen-bond donors (Lipinski definition) is 1. The summed E-state index contributed by atoms with van der Waals surface area (Å²) in [5.74, 6) is -0.818. The Kier molecular flexibility index (Phi) is 4.33. The number of carboxylic acids is 1. The zero-order valence-electron chi connectivity index (χ0n) is 9.70. The molecule has 1 unspecified atom stereocenters. The molecule has 4 heteroatoms. The molecule has 0 aliphatic carbocycles. The highest BCUT2D eigenvalue weighted by atomic mass is 35.5. The first kappa shape index (κ1) is 13.0. The SMILES string of the molecule is Cc1cc(Cl)cc(CN(C)C(C)C(=O)O)c1. The van der Waals surface area contributed by atoms with Crippen molar-refractivity contribution in [1.82, 2.24) is 4.90 Å². The van der Waals surface area contributed by atoms with Crippen molar-refractivity contribution in [3.63, 3.8) is 0 Å². The summed E-state index contributed by atoms with van der Waals surface area (Å²) in [5.41, 5.74) is 2.11. The lowest BCUT2D eigenvalue weighted by Gasteiger charge is -2.21. The average molecular weight is 242 g/mol. The van der Waals surface area contributed by atoms with Crippen molar-refractivity contribution in [1.29, 1.82) is 0 Å². The van der Waals surface area contributed by atoms with Gasteiger partial charge in [0.2, 0.25) is 0 Å². The molecule has 1 rings (SSSR count). The molecule has 88 valence electrons. The fourth-order valence-corrected chi connectivity index (χ4v) is 1.83. The Balaban J connectivity index is 2.76. The molecule has 1 aromatic rings. The van der Waals surface area contributed by atoms with Gasteiger partial charge in [-0.1, -0.05) is 17.7 Å². The summed E-state index contributed by atoms with van der Waals surface area (Å²) in [7, 11) is 1.79. The highest BCUT2D eigenvalue weighted by Crippen LogP contribution is 2.16. The van der Waals surface area contributed by atoms with Crippen molar-refractivity contribution in [3.8, 4) is 0 Å². The predicted molar refractivity (Wildman–Crippen MR) is 64.8 cm³/mol. The van der Waals surface area contributed by atoms with E-state index in [0.717, 1.165) is 11.1 Å². The quantitative estimate of drug-likeness (QED) is 0.881. The first-order valence-corrected chi connectivity index (χ1v) is 5.47. The minimum Gasteiger partial charge on any atom is -0.480 e. The Labute approximate surface area is 101 Å². The number of rotatable bonds is 4. The Morgan fingerprint density at radius 2 is 2.12 bits per heavy atom. The molecule has 0 saturated carbocycles. The molecule has 0 bridgehead atoms. The van der Waals surface area contributed by atoms with Crippen LogP contribution in [0.25, 0.3) is 0 Å². The third-order valence-corrected chi connectivity index (χ3v) is 2.77. The van der Waals surface area contributed by atoms with Crippen molar-refractivity contribution in [3.05, 3.63) is 34.3 Å². The van der Waals surface area contributed by atoms with Crippen molar-refractivity contribution in [2.75, 3.05) is 7.05 Å². The summed E-state index contributed by atoms with van der Waals surface area (Å²) in [5, 5.41) is 9.56. The molecule has 0 saturated heterocycles. The van der Waals surface area contributed by atoms with Gasteiger partial charge < -0.3 is 5.11 Å². The summed E-state index contributed by atoms with van der Waals surface area (Å²) in [6, 6.07) is 5.25. The molecule has 0 amide bonds. The van der Waals surface area contributed by atoms with Crippen molar-refractivity contribution in [2.24, 2.45) is 0 Å². The van der Waals surface area contributed by atoms with E-state index in [1.54, 1.807) is 18.9 Å². The monoisotopic (exact) mass is 241 g/mol. The molecule has 0 spiro atoms. The molecule has 0 aromatic heterocycles. The fraction of sp³-hybridized carbons (Fsp3) is 0.417. The lowest BCUT2D eigenvalue weighted by molar-refractivity contribution is -0.142. The Bertz CT molecular complexity index is 372. The van der Waals surface area contributed by atoms with Gasteiger partial charge in [0.25, 0.3) is 0 Å². The van der Waals surface area contributed by atoms with Crippen LogP contribution in [0.3, 0.4) is 0 Å². The third-order valence-electron chi connectivity index (χ3n) is 2.55. The minimum absolute atomic E-state index is 0.501. The molecule has 0 radical (unpaired) electrons. The number of benzene rings is 1. The van der Waals surface area contributed by atoms with Crippen molar-refractivity contribution >= 4 is 17.6 Å². The van der Waals surface area contributed by atoms with E-state index >= 15 is 0 Å². The van der Waals surface area contributed by atoms with E-state index in [0.29, 0.717) is 11.6 Å². The maximum atomic E-state index is 10.8. The molecular weight excluding hydrogens is 226 g/mol. The highest BCUT2D eigenvalue weighted by molar-refractivity contribution is 6.30. The summed E-state index contributed by atoms with van der Waals surface area (Å²) in [4.78, 5) is 12.6. The molecule has 1 atom stereocenters. The molecule has 3 nitrogen and oxygen atoms in total. The number of likely N-dealkylation sites (N-methyl/N-ethyl adjacent to an activating group) is 1. The molecular formula is C12H16ClNO2. The second-order valence-corrected chi connectivity index (χ2v) is 4.50. The number of aliphatic carboxylic acids is 1. The van der Waals surface area contributed by atoms with Crippen LogP contribution in [-0.4, -0.2) is 29.1 Å². The normalized spacial score (nSPS) is 12.8. The zero-order valence-corrected chi connectivity index (χ0v) is 10.5. The molecule has 0 fully saturated rings. The summed E-state index contributed by atoms with van der Waals surface area (Å²) in [6.45, 7) is 4.21. The largest absolute Gasteiger partial charge is 0.480 e. The third kappa shape index (κ3) is 3.51. The molecule has 16 heavy (non-hydrogen) atoms. The first-order chi connectivity index (χ1) is 7.40. The maximum absolute atomic E-state index is 10.8. The Morgan fingerprint density at radius 3 is 2.62 bits per heavy atom. The van der Waals surface area contributed by atoms with Crippen LogP contribution in [0.2, 0.25) is 5.02 Å². The van der Waals surface area contributed by atoms with Gasteiger partial charge in [-0.15, -0.1) is 0 Å². The van der Waals surface area contributed by atoms with Gasteiger partial charge in [-0.2, -0.15) is 0 Å². The maximum Gasteiger partial charge on any atom is 0.320 e. The van der Waals surface area contributed by atoms with E-state index in [1.165, 1.54) is 0 Å². The lowest BCUT2D eigenvalue weighted by atomic mass is 10.1. The zero-order chi connectivity index (χ0) is 12.3. The van der Waals surface area contributed by atoms with Crippen LogP contribution in [0.4, 0.5) is 0 Å². The highest BCUT2D eigenvalue weighted by Gasteiger charge is 2.16. The number of carboxylic acid groups (broad SMARTS) is 1. The van der Waals surface area contributed by atoms with Crippen LogP contribution >= 0.6 is 11.6 Å². The first-order valence-electron chi connectivity index (χ1n) is 5.09. The van der Waals surface area contributed by atoms with Crippen LogP contribution in [0.5, 0.6) is 0 Å². The summed E-state index contributed by atoms with van der Waals surface area (Å²) in [6.07, 6.45) is 0. The van der Waals surface area contributed by atoms with E-state index in [9.17, 15) is 4.79 Å². The molecule has 0 aliphatic heterocycles. The smallest absolute Gasteiger partial charge is 0.320 e. The van der Waals surface area contributed by atoms with Gasteiger partial charge >= 0.3 is 5.97 Å². The molecule has 1 N–H and O–H groups in total. The number of aryl methyl sites for hydroxylation is 1. The van der Waals surface area contributed by atoms with E-state index in [4.69, 9.17) is 16.7 Å². The topological polar surface area (TPSA) is 40.5 Å². The van der Waals surface area contributed by atoms with Crippen molar-refractivity contribution in [2.45, 2.75) is 26.4 Å². The number of nitrogens with zero attached hydrogens (tertiary/aromatic N) is 1. The average Bonchev–Trinajstić information content (AvgIpc) is 2.14. The number of carbonyl (C=O) groups is 1. The molecule has 1 aromatic carbocycles. The standard InChI is InChI=1S/C12H16ClNO2/c1-8-4-10(6-11(13)5-8)7-14(3)9(2)12(15)16/h4-6,9H,7H2,1-3H3,(H,15,16). The number of halogens is 1. The Morgan fingerprint density at radius 1 is 1.50 bits per heavy atom. The van der Waals surface area contributed by atoms with Gasteiger partial charge in [0, 0.05) is 11.6 Å². The minimum atomic E-state index is -0.818. The van der Waals surface area contributed by atoms with Crippen molar-refractivity contribution < 1.29 is 9.90 Å². The van der Waals surface area contributed by atoms with Gasteiger partial charge in [-0.25, -0.2) is 0 Å². The molecule has 0 aliphatic rings. The number of hydrogen-bond acceptors (Lipinski definition) is 2. The second-order valence-electron chi connectivity index (χ2n) is 4.07. The van der Waals surface area contributed by atoms with E-state index in [1.807, 2.05) is 25.1 Å². The van der Waals surface area contributed by atoms with Crippen LogP contribution in [0.1, 0.15) is 18.1 Å². The molecule has 0 heterocycles. The van der Waals surface area contributed by atoms with Gasteiger partial charge in [-0.05, 0) is 44.2 Å². The Hall–Kier alpha value is -1.06. The van der Waals surface area contributed by atoms with Crippen LogP contribution in [-0.2, 0) is 11.3 Å². The second kappa shape index (κ2) is 5.32. The van der Waals surface area contributed by atoms with Crippen LogP contribution in [0.15, 0.2) is 18.2 Å². The lowest BCUT2D eigenvalue weighted by Crippen LogP contribution is -2.35. The summed E-state index contributed by atoms with van der Waals surface area (Å²) < 4.78 is 0. The van der Waals surface area contributed by atoms with Crippen LogP contribution < -0.4 is 0 Å². The van der Waals surface area contributed by atoms with E-state index < -0.39 is 12.0 Å². The van der Waals surface area contributed by atoms with Crippen LogP contribution in [0, 0.1) is 6.92 Å². The van der Waals surface area contributed by atoms with Gasteiger partial charge in [-0.3, -0.25) is 9.69 Å². The van der Waals surface area contributed by atoms with E-state index in [-0.39, 0.29) is 0 Å².